The van der Waals surface area contributed by atoms with Crippen molar-refractivity contribution in [1.29, 1.82) is 0 Å². The van der Waals surface area contributed by atoms with Crippen LogP contribution in [0.2, 0.25) is 0 Å². The van der Waals surface area contributed by atoms with Gasteiger partial charge in [0.15, 0.2) is 4.77 Å². The standard InChI is InChI=1S/C14H17FIN3OS/c1-7(2)6-17-13(20)8(3)19-12-4-9(15)10(16)5-11(12)18-14(19)21/h4-5,7-8H,6H2,1-3H3,(H,17,20)(H,18,21). The molecular weight excluding hydrogens is 404 g/mol. The van der Waals surface area contributed by atoms with E-state index in [1.165, 1.54) is 6.07 Å². The van der Waals surface area contributed by atoms with E-state index in [2.05, 4.69) is 10.3 Å². The Morgan fingerprint density at radius 1 is 1.48 bits per heavy atom. The second-order valence-electron chi connectivity index (χ2n) is 5.40. The summed E-state index contributed by atoms with van der Waals surface area (Å²) in [6.07, 6.45) is 0. The minimum atomic E-state index is -0.496. The van der Waals surface area contributed by atoms with Crippen molar-refractivity contribution in [3.05, 3.63) is 26.3 Å². The molecule has 0 radical (unpaired) electrons. The summed E-state index contributed by atoms with van der Waals surface area (Å²) in [4.78, 5) is 15.2. The van der Waals surface area contributed by atoms with Crippen molar-refractivity contribution < 1.29 is 9.18 Å². The molecule has 0 fully saturated rings. The fraction of sp³-hybridized carbons (Fsp3) is 0.429. The highest BCUT2D eigenvalue weighted by Crippen LogP contribution is 2.23. The number of hydrogen-bond acceptors (Lipinski definition) is 2. The van der Waals surface area contributed by atoms with Gasteiger partial charge in [0.2, 0.25) is 5.91 Å². The largest absolute Gasteiger partial charge is 0.354 e. The number of H-pyrrole nitrogens is 1. The first-order chi connectivity index (χ1) is 9.81. The van der Waals surface area contributed by atoms with E-state index >= 15 is 0 Å². The van der Waals surface area contributed by atoms with E-state index in [1.54, 1.807) is 17.6 Å². The van der Waals surface area contributed by atoms with Crippen LogP contribution in [0.15, 0.2) is 12.1 Å². The molecule has 0 saturated carbocycles. The van der Waals surface area contributed by atoms with Gasteiger partial charge in [0.05, 0.1) is 14.6 Å². The first-order valence-electron chi connectivity index (χ1n) is 6.68. The van der Waals surface area contributed by atoms with Crippen molar-refractivity contribution in [3.8, 4) is 0 Å². The Balaban J connectivity index is 2.41. The molecule has 7 heteroatoms. The summed E-state index contributed by atoms with van der Waals surface area (Å²) in [5, 5.41) is 2.87. The van der Waals surface area contributed by atoms with E-state index in [0.717, 1.165) is 5.52 Å². The third kappa shape index (κ3) is 3.45. The molecule has 1 aromatic heterocycles. The number of halogens is 2. The maximum Gasteiger partial charge on any atom is 0.242 e. The minimum absolute atomic E-state index is 0.125. The number of benzene rings is 1. The van der Waals surface area contributed by atoms with Crippen LogP contribution in [-0.4, -0.2) is 22.0 Å². The Labute approximate surface area is 141 Å². The number of fused-ring (bicyclic) bond motifs is 1. The van der Waals surface area contributed by atoms with Gasteiger partial charge in [-0.3, -0.25) is 4.79 Å². The van der Waals surface area contributed by atoms with Gasteiger partial charge in [-0.2, -0.15) is 0 Å². The molecule has 4 nitrogen and oxygen atoms in total. The SMILES string of the molecule is CC(C)CNC(=O)C(C)n1c(=S)[nH]c2cc(I)c(F)cc21. The van der Waals surface area contributed by atoms with Crippen molar-refractivity contribution in [1.82, 2.24) is 14.9 Å². The molecule has 21 heavy (non-hydrogen) atoms. The Morgan fingerprint density at radius 3 is 2.76 bits per heavy atom. The summed E-state index contributed by atoms with van der Waals surface area (Å²) in [5.41, 5.74) is 1.33. The smallest absolute Gasteiger partial charge is 0.242 e. The molecule has 0 aliphatic rings. The van der Waals surface area contributed by atoms with Crippen LogP contribution in [0.4, 0.5) is 4.39 Å². The van der Waals surface area contributed by atoms with E-state index < -0.39 is 6.04 Å². The number of carbonyl (C=O) groups is 1. The van der Waals surface area contributed by atoms with Crippen molar-refractivity contribution in [3.63, 3.8) is 0 Å². The minimum Gasteiger partial charge on any atom is -0.354 e. The van der Waals surface area contributed by atoms with Gasteiger partial charge < -0.3 is 14.9 Å². The first kappa shape index (κ1) is 16.4. The summed E-state index contributed by atoms with van der Waals surface area (Å²) in [6, 6.07) is 2.61. The zero-order chi connectivity index (χ0) is 15.7. The number of aromatic nitrogens is 2. The normalized spacial score (nSPS) is 12.9. The number of nitrogens with zero attached hydrogens (tertiary/aromatic N) is 1. The van der Waals surface area contributed by atoms with Gasteiger partial charge in [-0.25, -0.2) is 4.39 Å². The monoisotopic (exact) mass is 421 g/mol. The number of carbonyl (C=O) groups excluding carboxylic acids is 1. The van der Waals surface area contributed by atoms with Crippen LogP contribution in [0.3, 0.4) is 0 Å². The van der Waals surface area contributed by atoms with E-state index in [-0.39, 0.29) is 11.7 Å². The second kappa shape index (κ2) is 6.43. The van der Waals surface area contributed by atoms with Crippen LogP contribution in [0.5, 0.6) is 0 Å². The number of hydrogen-bond donors (Lipinski definition) is 2. The maximum absolute atomic E-state index is 13.8. The fourth-order valence-corrected chi connectivity index (χ4v) is 2.91. The van der Waals surface area contributed by atoms with Gasteiger partial charge in [-0.1, -0.05) is 13.8 Å². The molecule has 1 aromatic carbocycles. The summed E-state index contributed by atoms with van der Waals surface area (Å²) >= 11 is 7.20. The fourth-order valence-electron chi connectivity index (χ4n) is 2.07. The van der Waals surface area contributed by atoms with Gasteiger partial charge in [-0.15, -0.1) is 0 Å². The van der Waals surface area contributed by atoms with Crippen LogP contribution < -0.4 is 5.32 Å². The summed E-state index contributed by atoms with van der Waals surface area (Å²) in [7, 11) is 0. The summed E-state index contributed by atoms with van der Waals surface area (Å²) in [6.45, 7) is 6.42. The highest BCUT2D eigenvalue weighted by atomic mass is 127. The molecule has 114 valence electrons. The van der Waals surface area contributed by atoms with E-state index in [0.29, 0.717) is 26.3 Å². The second-order valence-corrected chi connectivity index (χ2v) is 6.95. The van der Waals surface area contributed by atoms with Crippen LogP contribution in [0.1, 0.15) is 26.8 Å². The van der Waals surface area contributed by atoms with Gasteiger partial charge in [0, 0.05) is 12.6 Å². The summed E-state index contributed by atoms with van der Waals surface area (Å²) in [5.74, 6) is -0.0728. The average molecular weight is 421 g/mol. The molecule has 0 bridgehead atoms. The number of amides is 1. The lowest BCUT2D eigenvalue weighted by atomic mass is 10.2. The predicted octanol–water partition coefficient (Wildman–Crippen LogP) is 3.78. The van der Waals surface area contributed by atoms with Gasteiger partial charge in [0.1, 0.15) is 11.9 Å². The van der Waals surface area contributed by atoms with Crippen molar-refractivity contribution >= 4 is 51.7 Å². The highest BCUT2D eigenvalue weighted by Gasteiger charge is 2.19. The number of rotatable bonds is 4. The van der Waals surface area contributed by atoms with Crippen molar-refractivity contribution in [2.75, 3.05) is 6.54 Å². The number of nitrogens with one attached hydrogen (secondary N) is 2. The topological polar surface area (TPSA) is 49.8 Å². The molecule has 0 aliphatic heterocycles. The quantitative estimate of drug-likeness (QED) is 0.584. The van der Waals surface area contributed by atoms with Gasteiger partial charge >= 0.3 is 0 Å². The zero-order valence-electron chi connectivity index (χ0n) is 12.0. The molecule has 2 rings (SSSR count). The molecular formula is C14H17FIN3OS. The number of aromatic amines is 1. The Bertz CT molecular complexity index is 738. The van der Waals surface area contributed by atoms with Crippen LogP contribution in [0, 0.1) is 20.1 Å². The average Bonchev–Trinajstić information content (AvgIpc) is 2.71. The predicted molar refractivity (Wildman–Crippen MR) is 92.4 cm³/mol. The molecule has 1 unspecified atom stereocenters. The Hall–Kier alpha value is -0.960. The number of imidazole rings is 1. The van der Waals surface area contributed by atoms with E-state index in [1.807, 2.05) is 36.4 Å². The zero-order valence-corrected chi connectivity index (χ0v) is 15.0. The van der Waals surface area contributed by atoms with Gasteiger partial charge in [-0.05, 0) is 53.7 Å². The Kier molecular flexibility index (Phi) is 5.03. The molecule has 0 spiro atoms. The molecule has 2 aromatic rings. The molecule has 0 saturated heterocycles. The van der Waals surface area contributed by atoms with Crippen LogP contribution in [-0.2, 0) is 4.79 Å². The van der Waals surface area contributed by atoms with Gasteiger partial charge in [0.25, 0.3) is 0 Å². The summed E-state index contributed by atoms with van der Waals surface area (Å²) < 4.78 is 16.4. The third-order valence-corrected chi connectivity index (χ3v) is 4.34. The van der Waals surface area contributed by atoms with Crippen molar-refractivity contribution in [2.24, 2.45) is 5.92 Å². The Morgan fingerprint density at radius 2 is 2.14 bits per heavy atom. The van der Waals surface area contributed by atoms with E-state index in [9.17, 15) is 9.18 Å². The van der Waals surface area contributed by atoms with Crippen molar-refractivity contribution in [2.45, 2.75) is 26.8 Å². The molecule has 0 aliphatic carbocycles. The lowest BCUT2D eigenvalue weighted by molar-refractivity contribution is -0.123. The van der Waals surface area contributed by atoms with Crippen LogP contribution in [0.25, 0.3) is 11.0 Å². The maximum atomic E-state index is 13.8. The lowest BCUT2D eigenvalue weighted by Gasteiger charge is -2.16. The molecule has 1 heterocycles. The van der Waals surface area contributed by atoms with E-state index in [4.69, 9.17) is 12.2 Å². The lowest BCUT2D eigenvalue weighted by Crippen LogP contribution is -2.33. The van der Waals surface area contributed by atoms with Crippen LogP contribution >= 0.6 is 34.8 Å². The molecule has 1 amide bonds. The first-order valence-corrected chi connectivity index (χ1v) is 8.17. The molecule has 1 atom stereocenters. The third-order valence-electron chi connectivity index (χ3n) is 3.21. The highest BCUT2D eigenvalue weighted by molar-refractivity contribution is 14.1. The molecule has 2 N–H and O–H groups in total.